The Morgan fingerprint density at radius 2 is 0.713 bits per heavy atom. The summed E-state index contributed by atoms with van der Waals surface area (Å²) in [5, 5.41) is 11.0. The molecule has 0 amide bonds. The lowest BCUT2D eigenvalue weighted by molar-refractivity contribution is -0.385. The zero-order valence-corrected chi connectivity index (χ0v) is 69.7. The molecule has 5 fully saturated rings. The van der Waals surface area contributed by atoms with Gasteiger partial charge in [0.05, 0.1) is 85.5 Å². The predicted octanol–water partition coefficient (Wildman–Crippen LogP) is 16.2. The van der Waals surface area contributed by atoms with Crippen molar-refractivity contribution in [2.45, 2.75) is 203 Å². The second-order valence-electron chi connectivity index (χ2n) is 32.8. The van der Waals surface area contributed by atoms with Gasteiger partial charge in [-0.3, -0.25) is 14.9 Å². The van der Waals surface area contributed by atoms with E-state index in [0.29, 0.717) is 5.56 Å². The third kappa shape index (κ3) is 21.7. The molecule has 10 N–H and O–H groups in total. The topological polar surface area (TPSA) is 379 Å². The molecule has 16 rings (SSSR count). The lowest BCUT2D eigenvalue weighted by Crippen LogP contribution is -2.54. The van der Waals surface area contributed by atoms with Gasteiger partial charge in [-0.25, -0.2) is 127 Å². The van der Waals surface area contributed by atoms with Gasteiger partial charge in [0.15, 0.2) is 45.1 Å². The molecule has 0 saturated carbocycles. The summed E-state index contributed by atoms with van der Waals surface area (Å²) >= 11 is 0. The average molecular weight is 1970 g/mol. The number of aromatic nitrogens is 2. The van der Waals surface area contributed by atoms with Crippen molar-refractivity contribution in [1.29, 1.82) is 0 Å². The van der Waals surface area contributed by atoms with Crippen LogP contribution in [0.3, 0.4) is 0 Å². The van der Waals surface area contributed by atoms with E-state index >= 15 is 4.39 Å². The second-order valence-corrected chi connectivity index (χ2v) is 32.8. The first-order valence-corrected chi connectivity index (χ1v) is 39.9. The summed E-state index contributed by atoms with van der Waals surface area (Å²) < 4.78 is 347. The van der Waals surface area contributed by atoms with Crippen LogP contribution in [0.1, 0.15) is 123 Å². The van der Waals surface area contributed by atoms with Gasteiger partial charge in [-0.2, -0.15) is 0 Å². The van der Waals surface area contributed by atoms with E-state index in [0.717, 1.165) is 42.7 Å². The zero-order chi connectivity index (χ0) is 96.0. The standard InChI is InChI=1S/C22H21F5N4O4.C16H17F4NO2.C15H15F4N3O4.C15H17F4N3O2.C15H16F4N2O2.5CH4/c1-21(18-16(35-20(28)31-21)8-33-19(18)22(26,27)9-23)12-4-11(2-3-13(12)25)5-15(32)14-6-30-17(7-29-14)34-10-24;1-9-21-15(2,10-5-3-4-6-11(10)18)13-12(23-9)7-22-14(13)16(19,20)8-17;1-14(8-4-7(22(23)24)2-3-9(8)17)11-10(26-13(20)21-14)5-25-12(11)15(18,19)6-16;1-14(8-4-7(20)2-3-9(8)17)11-10(24-13(21)22-14)5-23-12(11)15(18,19)6-16;1-14(8-4-2-3-5-9(8)17)11-10(23-13(20)21-14)6-22-12(11)15(18,19)7-16;;;;;/h2-4,6-7,16,18-19H,5,8-10H2,1H3,(H2,28,31);3-6,12-14H,7-8H2,1-2H3;2-4,10-12H,5-6H2,1H3,(H2,20,21);2-4,10-12H,5-6,20H2,1H3,(H2,21,22);2-5,10-12H,6-7H2,1H3,(H2,20,21);5*1H4/t16-,18-,19-,21-;12-,13-,14-,15-;3*10-,11-,12-,14-;;;;;/m11111...../s1. The number of hydrogen-bond acceptors (Lipinski definition) is 26. The third-order valence-corrected chi connectivity index (χ3v) is 24.4. The minimum atomic E-state index is -3.87. The number of nitro benzene ring substituents is 1. The van der Waals surface area contributed by atoms with Gasteiger partial charge in [0.25, 0.3) is 29.8 Å². The van der Waals surface area contributed by atoms with Gasteiger partial charge in [-0.1, -0.05) is 79.6 Å². The van der Waals surface area contributed by atoms with Crippen molar-refractivity contribution in [3.8, 4) is 5.88 Å². The molecule has 136 heavy (non-hydrogen) atoms. The minimum absolute atomic E-state index is 0. The highest BCUT2D eigenvalue weighted by Gasteiger charge is 2.68. The maximum atomic E-state index is 15.1. The number of ketones is 1. The molecule has 5 saturated heterocycles. The summed E-state index contributed by atoms with van der Waals surface area (Å²) in [5.41, 5.74) is 20.4. The van der Waals surface area contributed by atoms with Crippen molar-refractivity contribution in [2.24, 2.45) is 77.5 Å². The Morgan fingerprint density at radius 3 is 1.04 bits per heavy atom. The summed E-state index contributed by atoms with van der Waals surface area (Å²) in [6.07, 6.45) is -11.8. The fourth-order valence-electron chi connectivity index (χ4n) is 18.5. The van der Waals surface area contributed by atoms with Crippen LogP contribution in [-0.4, -0.2) is 215 Å². The van der Waals surface area contributed by atoms with Crippen LogP contribution in [0.4, 0.5) is 104 Å². The Labute approximate surface area is 768 Å². The number of anilines is 1. The van der Waals surface area contributed by atoms with Gasteiger partial charge in [0.1, 0.15) is 118 Å². The number of aliphatic imine (C=N–C) groups is 5. The number of ether oxygens (including phenoxy) is 11. The van der Waals surface area contributed by atoms with Crippen molar-refractivity contribution in [2.75, 3.05) is 79.0 Å². The molecule has 6 aromatic rings. The minimum Gasteiger partial charge on any atom is -0.475 e. The van der Waals surface area contributed by atoms with Gasteiger partial charge >= 0.3 is 29.6 Å². The summed E-state index contributed by atoms with van der Waals surface area (Å²) in [6.45, 7) is -3.14. The first kappa shape index (κ1) is 112. The van der Waals surface area contributed by atoms with Crippen molar-refractivity contribution < 1.29 is 154 Å². The summed E-state index contributed by atoms with van der Waals surface area (Å²) in [7, 11) is 0. The van der Waals surface area contributed by atoms with E-state index < -0.39 is 240 Å². The lowest BCUT2D eigenvalue weighted by Gasteiger charge is -2.42. The van der Waals surface area contributed by atoms with Crippen LogP contribution in [0, 0.1) is 68.8 Å². The number of fused-ring (bicyclic) bond motifs is 5. The number of non-ortho nitro benzene ring substituents is 1. The van der Waals surface area contributed by atoms with Crippen LogP contribution in [-0.2, 0) is 81.5 Å². The van der Waals surface area contributed by atoms with Crippen LogP contribution >= 0.6 is 0 Å². The number of nitrogens with zero attached hydrogens (tertiary/aromatic N) is 8. The SMILES string of the molecule is C.C.C.C.C.CC1=N[C@](C)(c2ccccc2F)[C@H]2[C@H](C(F)(F)CF)OC[C@H]2O1.C[C@]1(c2cc(CC(=O)c3cnc(OCF)cn3)ccc2F)N=C(N)O[C@@H]2CO[C@@H](C(F)(F)CF)[C@@H]21.C[C@]1(c2cc(N)ccc2F)N=C(N)O[C@@H]2CO[C@@H](C(F)(F)CF)[C@@H]21.C[C@]1(c2cc([N+](=O)[O-])ccc2F)N=C(N)O[C@@H]2CO[C@@H](C(F)(F)CF)[C@@H]21.C[C@]1(c2ccccc2F)N=C(N)O[C@@H]2CO[C@@H](C(F)(F)CF)[C@@H]21. The predicted molar refractivity (Wildman–Crippen MR) is 455 cm³/mol. The van der Waals surface area contributed by atoms with Gasteiger partial charge in [-0.15, -0.1) is 0 Å². The zero-order valence-electron chi connectivity index (χ0n) is 69.7. The number of nitro groups is 1. The fraction of sp³-hybridized carbons (Fsp3) is 0.545. The highest BCUT2D eigenvalue weighted by atomic mass is 19.3. The van der Waals surface area contributed by atoms with Gasteiger partial charge in [-0.05, 0) is 88.7 Å². The van der Waals surface area contributed by atoms with Gasteiger partial charge < -0.3 is 80.8 Å². The highest BCUT2D eigenvalue weighted by Crippen LogP contribution is 2.57. The highest BCUT2D eigenvalue weighted by molar-refractivity contribution is 5.95. The molecule has 0 unspecified atom stereocenters. The number of benzene rings is 5. The molecular weight excluding hydrogens is 1860 g/mol. The molecule has 1 aromatic heterocycles. The molecule has 754 valence electrons. The number of carbonyl (C=O) groups is 1. The summed E-state index contributed by atoms with van der Waals surface area (Å²) in [4.78, 5) is 51.1. The lowest BCUT2D eigenvalue weighted by atomic mass is 9.72. The van der Waals surface area contributed by atoms with Crippen LogP contribution < -0.4 is 33.4 Å². The fourth-order valence-corrected chi connectivity index (χ4v) is 18.5. The number of Topliss-reactive ketones (excluding diaryl/α,β-unsaturated/α-hetero) is 1. The van der Waals surface area contributed by atoms with Crippen molar-refractivity contribution in [1.82, 2.24) is 9.97 Å². The quantitative estimate of drug-likeness (QED) is 0.0147. The second kappa shape index (κ2) is 42.8. The molecule has 0 aliphatic carbocycles. The van der Waals surface area contributed by atoms with Crippen molar-refractivity contribution >= 4 is 47.1 Å². The van der Waals surface area contributed by atoms with Crippen LogP contribution in [0.25, 0.3) is 0 Å². The van der Waals surface area contributed by atoms with E-state index in [1.807, 2.05) is 0 Å². The Kier molecular flexibility index (Phi) is 35.1. The number of carbonyl (C=O) groups excluding carboxylic acids is 1. The normalized spacial score (nSPS) is 29.9. The molecule has 48 heteroatoms. The van der Waals surface area contributed by atoms with E-state index in [1.54, 1.807) is 26.0 Å². The van der Waals surface area contributed by atoms with E-state index in [9.17, 15) is 103 Å². The number of hydrogen-bond donors (Lipinski definition) is 5. The first-order chi connectivity index (χ1) is 61.5. The van der Waals surface area contributed by atoms with Crippen molar-refractivity contribution in [3.63, 3.8) is 0 Å². The van der Waals surface area contributed by atoms with Crippen molar-refractivity contribution in [3.05, 3.63) is 194 Å². The maximum absolute atomic E-state index is 15.1. The largest absolute Gasteiger partial charge is 0.475 e. The van der Waals surface area contributed by atoms with E-state index in [-0.39, 0.29) is 146 Å². The number of rotatable bonds is 21. The number of amidine groups is 4. The van der Waals surface area contributed by atoms with E-state index in [4.69, 9.17) is 76.0 Å². The Hall–Kier alpha value is -11.3. The molecule has 11 heterocycles. The molecule has 10 aliphatic rings. The number of halogens is 21. The van der Waals surface area contributed by atoms with Crippen LogP contribution in [0.15, 0.2) is 140 Å². The maximum Gasteiger partial charge on any atom is 0.301 e. The molecular formula is C88H106F21N13O14. The third-order valence-electron chi connectivity index (χ3n) is 24.4. The molecule has 27 nitrogen and oxygen atoms in total. The van der Waals surface area contributed by atoms with E-state index in [2.05, 4.69) is 39.7 Å². The number of nitrogens with two attached hydrogens (primary N) is 5. The number of nitrogen functional groups attached to an aromatic ring is 1. The molecule has 0 spiro atoms. The molecule has 20 atom stereocenters. The van der Waals surface area contributed by atoms with E-state index in [1.165, 1.54) is 88.4 Å². The Bertz CT molecular complexity index is 5230. The molecule has 5 aromatic carbocycles. The van der Waals surface area contributed by atoms with Crippen LogP contribution in [0.5, 0.6) is 5.88 Å². The van der Waals surface area contributed by atoms with Crippen LogP contribution in [0.2, 0.25) is 0 Å². The number of alkyl halides is 16. The summed E-state index contributed by atoms with van der Waals surface area (Å²) in [6, 6.07) is 20.5. The van der Waals surface area contributed by atoms with Gasteiger partial charge in [0.2, 0.25) is 12.7 Å². The monoisotopic (exact) mass is 1970 g/mol. The molecule has 0 radical (unpaired) electrons. The Balaban J connectivity index is 0.000000232. The smallest absolute Gasteiger partial charge is 0.301 e. The molecule has 0 bridgehead atoms. The summed E-state index contributed by atoms with van der Waals surface area (Å²) in [5.74, 6) is -28.6. The first-order valence-electron chi connectivity index (χ1n) is 39.9. The van der Waals surface area contributed by atoms with Gasteiger partial charge in [0, 0.05) is 59.0 Å². The average Bonchev–Trinajstić information content (AvgIpc) is 1.49. The molecule has 10 aliphatic heterocycles. The Morgan fingerprint density at radius 1 is 0.412 bits per heavy atom.